The van der Waals surface area contributed by atoms with Gasteiger partial charge in [-0.25, -0.2) is 0 Å². The number of ether oxygens (including phenoxy) is 2. The average Bonchev–Trinajstić information content (AvgIpc) is 2.54. The topological polar surface area (TPSA) is 72.8 Å². The molecule has 142 valence electrons. The molecule has 4 aliphatic rings. The fourth-order valence-corrected chi connectivity index (χ4v) is 5.74. The number of fused-ring (bicyclic) bond motifs is 3. The maximum atomic E-state index is 12.6. The first-order chi connectivity index (χ1) is 11.9. The molecule has 26 heavy (non-hydrogen) atoms. The standard InChI is InChI=1S/C21H28O5/c1-12-10-14(22)13-11-15-19(4)7-6-16(23)18(2,3)21(19,24)9-8-20(15,5)26-17(13)25-12/h6-7,12,15,24H,8-11H2,1-5H3/t12-,15-,19+,20-,21+/m1/s1. The van der Waals surface area contributed by atoms with Crippen LogP contribution in [0.4, 0.5) is 0 Å². The van der Waals surface area contributed by atoms with Crippen molar-refractivity contribution in [2.75, 3.05) is 0 Å². The van der Waals surface area contributed by atoms with Gasteiger partial charge >= 0.3 is 0 Å². The molecule has 0 spiro atoms. The average molecular weight is 360 g/mol. The minimum Gasteiger partial charge on any atom is -0.462 e. The van der Waals surface area contributed by atoms with Crippen LogP contribution in [0.5, 0.6) is 0 Å². The number of rotatable bonds is 0. The van der Waals surface area contributed by atoms with Crippen LogP contribution in [0, 0.1) is 16.7 Å². The van der Waals surface area contributed by atoms with Gasteiger partial charge in [-0.05, 0) is 53.0 Å². The molecule has 1 saturated carbocycles. The molecular weight excluding hydrogens is 332 g/mol. The highest BCUT2D eigenvalue weighted by Crippen LogP contribution is 2.64. The van der Waals surface area contributed by atoms with Gasteiger partial charge in [-0.2, -0.15) is 0 Å². The zero-order valence-electron chi connectivity index (χ0n) is 16.2. The number of carbonyl (C=O) groups excluding carboxylic acids is 2. The van der Waals surface area contributed by atoms with Crippen molar-refractivity contribution < 1.29 is 24.2 Å². The molecule has 0 saturated heterocycles. The number of Topliss-reactive ketones (excluding diaryl/α,β-unsaturated/α-hetero) is 1. The van der Waals surface area contributed by atoms with E-state index in [4.69, 9.17) is 9.47 Å². The van der Waals surface area contributed by atoms with Gasteiger partial charge in [0.25, 0.3) is 5.95 Å². The first-order valence-corrected chi connectivity index (χ1v) is 9.53. The van der Waals surface area contributed by atoms with Gasteiger partial charge in [0.2, 0.25) is 0 Å². The predicted octanol–water partition coefficient (Wildman–Crippen LogP) is 3.07. The lowest BCUT2D eigenvalue weighted by Gasteiger charge is -2.64. The van der Waals surface area contributed by atoms with Crippen molar-refractivity contribution in [2.45, 2.75) is 77.6 Å². The molecule has 0 amide bonds. The van der Waals surface area contributed by atoms with Crippen molar-refractivity contribution in [1.82, 2.24) is 0 Å². The number of aliphatic hydroxyl groups is 1. The third kappa shape index (κ3) is 1.95. The second-order valence-corrected chi connectivity index (χ2v) is 9.46. The summed E-state index contributed by atoms with van der Waals surface area (Å²) in [6.45, 7) is 9.57. The summed E-state index contributed by atoms with van der Waals surface area (Å²) < 4.78 is 12.1. The summed E-state index contributed by atoms with van der Waals surface area (Å²) in [5.41, 5.74) is -2.67. The molecule has 5 atom stereocenters. The first-order valence-electron chi connectivity index (χ1n) is 9.53. The zero-order valence-corrected chi connectivity index (χ0v) is 16.2. The van der Waals surface area contributed by atoms with Crippen LogP contribution in [0.1, 0.15) is 60.3 Å². The van der Waals surface area contributed by atoms with Gasteiger partial charge in [-0.3, -0.25) is 9.59 Å². The van der Waals surface area contributed by atoms with Crippen LogP contribution in [0.3, 0.4) is 0 Å². The van der Waals surface area contributed by atoms with Gasteiger partial charge in [0, 0.05) is 17.8 Å². The number of carbonyl (C=O) groups is 2. The largest absolute Gasteiger partial charge is 0.462 e. The predicted molar refractivity (Wildman–Crippen MR) is 95.0 cm³/mol. The van der Waals surface area contributed by atoms with Gasteiger partial charge in [0.05, 0.1) is 16.6 Å². The summed E-state index contributed by atoms with van der Waals surface area (Å²) in [6, 6.07) is 0. The van der Waals surface area contributed by atoms with E-state index in [0.717, 1.165) is 0 Å². The molecule has 2 aliphatic carbocycles. The lowest BCUT2D eigenvalue weighted by atomic mass is 9.44. The van der Waals surface area contributed by atoms with Crippen LogP contribution in [0.2, 0.25) is 0 Å². The summed E-state index contributed by atoms with van der Waals surface area (Å²) >= 11 is 0. The van der Waals surface area contributed by atoms with Crippen molar-refractivity contribution in [3.8, 4) is 0 Å². The molecule has 5 nitrogen and oxygen atoms in total. The van der Waals surface area contributed by atoms with Crippen LogP contribution in [-0.2, 0) is 19.1 Å². The van der Waals surface area contributed by atoms with E-state index >= 15 is 0 Å². The molecule has 0 bridgehead atoms. The molecule has 1 N–H and O–H groups in total. The fraction of sp³-hybridized carbons (Fsp3) is 0.714. The van der Waals surface area contributed by atoms with E-state index in [1.807, 2.05) is 40.7 Å². The van der Waals surface area contributed by atoms with Crippen LogP contribution in [0.15, 0.2) is 23.7 Å². The van der Waals surface area contributed by atoms with Gasteiger partial charge in [0.15, 0.2) is 11.6 Å². The van der Waals surface area contributed by atoms with Gasteiger partial charge in [-0.1, -0.05) is 13.0 Å². The molecule has 2 aliphatic heterocycles. The molecule has 0 radical (unpaired) electrons. The van der Waals surface area contributed by atoms with Crippen molar-refractivity contribution in [1.29, 1.82) is 0 Å². The van der Waals surface area contributed by atoms with Gasteiger partial charge in [-0.15, -0.1) is 0 Å². The molecule has 0 aromatic carbocycles. The van der Waals surface area contributed by atoms with E-state index in [0.29, 0.717) is 37.2 Å². The Labute approximate surface area is 154 Å². The van der Waals surface area contributed by atoms with Crippen LogP contribution >= 0.6 is 0 Å². The molecule has 2 heterocycles. The van der Waals surface area contributed by atoms with Crippen molar-refractivity contribution in [3.05, 3.63) is 23.7 Å². The summed E-state index contributed by atoms with van der Waals surface area (Å²) in [4.78, 5) is 25.1. The normalized spacial score (nSPS) is 46.7. The zero-order chi connectivity index (χ0) is 19.1. The number of hydrogen-bond acceptors (Lipinski definition) is 5. The second-order valence-electron chi connectivity index (χ2n) is 9.46. The van der Waals surface area contributed by atoms with Gasteiger partial charge in [0.1, 0.15) is 11.7 Å². The molecule has 4 rings (SSSR count). The molecule has 0 aromatic heterocycles. The summed E-state index contributed by atoms with van der Waals surface area (Å²) in [5, 5.41) is 11.7. The summed E-state index contributed by atoms with van der Waals surface area (Å²) in [5.74, 6) is 0.269. The van der Waals surface area contributed by atoms with Crippen LogP contribution in [-0.4, -0.2) is 34.0 Å². The summed E-state index contributed by atoms with van der Waals surface area (Å²) in [7, 11) is 0. The van der Waals surface area contributed by atoms with E-state index in [-0.39, 0.29) is 23.6 Å². The fourth-order valence-electron chi connectivity index (χ4n) is 5.74. The Kier molecular flexibility index (Phi) is 3.42. The molecular formula is C21H28O5. The van der Waals surface area contributed by atoms with Gasteiger partial charge < -0.3 is 14.6 Å². The van der Waals surface area contributed by atoms with Crippen molar-refractivity contribution in [3.63, 3.8) is 0 Å². The van der Waals surface area contributed by atoms with Crippen LogP contribution in [0.25, 0.3) is 0 Å². The molecule has 1 fully saturated rings. The maximum absolute atomic E-state index is 12.6. The summed E-state index contributed by atoms with van der Waals surface area (Å²) in [6.07, 6.45) is 5.21. The highest BCUT2D eigenvalue weighted by molar-refractivity contribution is 5.98. The number of hydrogen-bond donors (Lipinski definition) is 1. The third-order valence-corrected chi connectivity index (χ3v) is 7.66. The Balaban J connectivity index is 1.84. The highest BCUT2D eigenvalue weighted by Gasteiger charge is 2.69. The van der Waals surface area contributed by atoms with E-state index in [1.165, 1.54) is 0 Å². The second kappa shape index (κ2) is 5.00. The smallest absolute Gasteiger partial charge is 0.286 e. The van der Waals surface area contributed by atoms with E-state index in [2.05, 4.69) is 0 Å². The number of ketones is 2. The molecule has 5 heteroatoms. The highest BCUT2D eigenvalue weighted by atomic mass is 16.7. The Morgan fingerprint density at radius 1 is 1.12 bits per heavy atom. The first kappa shape index (κ1) is 17.8. The third-order valence-electron chi connectivity index (χ3n) is 7.66. The van der Waals surface area contributed by atoms with Crippen molar-refractivity contribution >= 4 is 11.6 Å². The lowest BCUT2D eigenvalue weighted by Crippen LogP contribution is -2.70. The monoisotopic (exact) mass is 360 g/mol. The van der Waals surface area contributed by atoms with E-state index in [1.54, 1.807) is 6.08 Å². The minimum atomic E-state index is -1.18. The minimum absolute atomic E-state index is 0.0522. The van der Waals surface area contributed by atoms with Crippen molar-refractivity contribution in [2.24, 2.45) is 16.7 Å². The van der Waals surface area contributed by atoms with E-state index in [9.17, 15) is 14.7 Å². The van der Waals surface area contributed by atoms with E-state index < -0.39 is 22.0 Å². The Morgan fingerprint density at radius 3 is 2.50 bits per heavy atom. The SMILES string of the molecule is C[C@@H]1CC(=O)C2=C(O1)O[C@]1(C)CC[C@]3(O)C(C)(C)C(=O)C=C[C@@]3(C)[C@H]1C2. The quantitative estimate of drug-likeness (QED) is 0.719. The lowest BCUT2D eigenvalue weighted by molar-refractivity contribution is -0.249. The Hall–Kier alpha value is -1.62. The maximum Gasteiger partial charge on any atom is 0.286 e. The molecule has 0 aromatic rings. The molecule has 0 unspecified atom stereocenters. The number of allylic oxidation sites excluding steroid dienone is 2. The Bertz CT molecular complexity index is 762. The van der Waals surface area contributed by atoms with Crippen LogP contribution < -0.4 is 0 Å². The Morgan fingerprint density at radius 2 is 1.81 bits per heavy atom.